The summed E-state index contributed by atoms with van der Waals surface area (Å²) in [5, 5.41) is 2.68. The molecule has 0 saturated carbocycles. The van der Waals surface area contributed by atoms with Crippen LogP contribution in [0.4, 0.5) is 4.79 Å². The first-order valence-electron chi connectivity index (χ1n) is 7.73. The van der Waals surface area contributed by atoms with Crippen LogP contribution in [0, 0.1) is 11.8 Å². The van der Waals surface area contributed by atoms with Crippen molar-refractivity contribution in [2.45, 2.75) is 39.1 Å². The number of carbonyl (C=O) groups excluding carboxylic acids is 1. The Bertz CT molecular complexity index is 589. The molecule has 1 aromatic carbocycles. The highest BCUT2D eigenvalue weighted by Crippen LogP contribution is 2.23. The van der Waals surface area contributed by atoms with E-state index in [9.17, 15) is 4.79 Å². The first-order chi connectivity index (χ1) is 10.9. The van der Waals surface area contributed by atoms with E-state index in [2.05, 4.69) is 17.2 Å². The van der Waals surface area contributed by atoms with Crippen LogP contribution in [0.5, 0.6) is 0 Å². The third kappa shape index (κ3) is 6.31. The van der Waals surface area contributed by atoms with Crippen molar-refractivity contribution in [3.63, 3.8) is 0 Å². The second-order valence-corrected chi connectivity index (χ2v) is 6.18. The smallest absolute Gasteiger partial charge is 0.407 e. The monoisotopic (exact) mass is 317 g/mol. The quantitative estimate of drug-likeness (QED) is 0.688. The van der Waals surface area contributed by atoms with Gasteiger partial charge in [0.25, 0.3) is 0 Å². The van der Waals surface area contributed by atoms with Crippen molar-refractivity contribution in [3.05, 3.63) is 35.4 Å². The summed E-state index contributed by atoms with van der Waals surface area (Å²) in [5.74, 6) is 6.11. The van der Waals surface area contributed by atoms with E-state index in [4.69, 9.17) is 14.2 Å². The fraction of sp³-hybridized carbons (Fsp3) is 0.500. The van der Waals surface area contributed by atoms with E-state index >= 15 is 0 Å². The van der Waals surface area contributed by atoms with Crippen LogP contribution >= 0.6 is 0 Å². The lowest BCUT2D eigenvalue weighted by Crippen LogP contribution is -2.32. The minimum atomic E-state index is -0.486. The van der Waals surface area contributed by atoms with Gasteiger partial charge in [0.15, 0.2) is 6.29 Å². The average Bonchev–Trinajstić information content (AvgIpc) is 2.99. The minimum absolute atomic E-state index is 0.286. The maximum Gasteiger partial charge on any atom is 0.407 e. The number of carbonyl (C=O) groups is 1. The molecule has 1 saturated heterocycles. The fourth-order valence-electron chi connectivity index (χ4n) is 2.02. The molecule has 0 radical (unpaired) electrons. The number of ether oxygens (including phenoxy) is 3. The highest BCUT2D eigenvalue weighted by molar-refractivity contribution is 5.67. The summed E-state index contributed by atoms with van der Waals surface area (Å²) in [4.78, 5) is 11.5. The second kappa shape index (κ2) is 8.00. The summed E-state index contributed by atoms with van der Waals surface area (Å²) in [6.07, 6.45) is -0.151. The van der Waals surface area contributed by atoms with E-state index in [1.54, 1.807) is 0 Å². The highest BCUT2D eigenvalue weighted by Gasteiger charge is 2.18. The van der Waals surface area contributed by atoms with Crippen molar-refractivity contribution in [2.24, 2.45) is 0 Å². The molecule has 0 bridgehead atoms. The fourth-order valence-corrected chi connectivity index (χ4v) is 2.02. The molecule has 1 amide bonds. The van der Waals surface area contributed by atoms with Crippen LogP contribution in [0.2, 0.25) is 0 Å². The standard InChI is InChI=1S/C18H23NO4/c1-18(2,3)23-17(20)19-10-5-4-7-14-8-6-9-15(13-14)16-21-11-12-22-16/h6,8-9,13,16H,5,10-12H2,1-3H3,(H,19,20). The van der Waals surface area contributed by atoms with Crippen molar-refractivity contribution in [3.8, 4) is 11.8 Å². The van der Waals surface area contributed by atoms with Crippen LogP contribution < -0.4 is 5.32 Å². The van der Waals surface area contributed by atoms with Gasteiger partial charge < -0.3 is 19.5 Å². The van der Waals surface area contributed by atoms with E-state index < -0.39 is 11.7 Å². The Balaban J connectivity index is 1.78. The van der Waals surface area contributed by atoms with Crippen LogP contribution in [0.25, 0.3) is 0 Å². The summed E-state index contributed by atoms with van der Waals surface area (Å²) >= 11 is 0. The number of alkyl carbamates (subject to hydrolysis) is 1. The number of hydrogen-bond donors (Lipinski definition) is 1. The van der Waals surface area contributed by atoms with Gasteiger partial charge in [0.05, 0.1) is 13.2 Å². The second-order valence-electron chi connectivity index (χ2n) is 6.18. The van der Waals surface area contributed by atoms with E-state index in [1.165, 1.54) is 0 Å². The number of hydrogen-bond acceptors (Lipinski definition) is 4. The summed E-state index contributed by atoms with van der Waals surface area (Å²) in [7, 11) is 0. The molecule has 0 spiro atoms. The maximum absolute atomic E-state index is 11.5. The molecule has 1 aromatic rings. The van der Waals surface area contributed by atoms with Crippen molar-refractivity contribution in [2.75, 3.05) is 19.8 Å². The van der Waals surface area contributed by atoms with E-state index in [1.807, 2.05) is 45.0 Å². The van der Waals surface area contributed by atoms with Gasteiger partial charge in [-0.25, -0.2) is 4.79 Å². The molecule has 0 unspecified atom stereocenters. The molecule has 1 fully saturated rings. The van der Waals surface area contributed by atoms with Crippen LogP contribution in [0.1, 0.15) is 44.6 Å². The molecule has 5 nitrogen and oxygen atoms in total. The molecule has 1 N–H and O–H groups in total. The molecule has 5 heteroatoms. The molecule has 0 aliphatic carbocycles. The van der Waals surface area contributed by atoms with Crippen LogP contribution in [0.15, 0.2) is 24.3 Å². The first kappa shape index (κ1) is 17.3. The van der Waals surface area contributed by atoms with E-state index in [-0.39, 0.29) is 6.29 Å². The molecule has 1 aliphatic rings. The molecule has 1 heterocycles. The van der Waals surface area contributed by atoms with E-state index in [0.717, 1.165) is 11.1 Å². The summed E-state index contributed by atoms with van der Waals surface area (Å²) in [6, 6.07) is 7.80. The number of rotatable bonds is 3. The van der Waals surface area contributed by atoms with Gasteiger partial charge in [0.1, 0.15) is 5.60 Å². The first-order valence-corrected chi connectivity index (χ1v) is 7.73. The van der Waals surface area contributed by atoms with Crippen LogP contribution in [-0.4, -0.2) is 31.5 Å². The van der Waals surface area contributed by atoms with E-state index in [0.29, 0.717) is 26.2 Å². The van der Waals surface area contributed by atoms with Crippen LogP contribution in [0.3, 0.4) is 0 Å². The lowest BCUT2D eigenvalue weighted by molar-refractivity contribution is -0.0441. The third-order valence-electron chi connectivity index (χ3n) is 2.93. The predicted molar refractivity (Wildman–Crippen MR) is 86.8 cm³/mol. The summed E-state index contributed by atoms with van der Waals surface area (Å²) < 4.78 is 16.1. The average molecular weight is 317 g/mol. The molecule has 0 atom stereocenters. The van der Waals surface area contributed by atoms with Gasteiger partial charge in [-0.15, -0.1) is 0 Å². The molecular formula is C18H23NO4. The molecule has 23 heavy (non-hydrogen) atoms. The van der Waals surface area contributed by atoms with Gasteiger partial charge >= 0.3 is 6.09 Å². The Morgan fingerprint density at radius 3 is 2.78 bits per heavy atom. The Kier molecular flexibility index (Phi) is 6.03. The molecule has 124 valence electrons. The number of nitrogens with one attached hydrogen (secondary N) is 1. The van der Waals surface area contributed by atoms with Gasteiger partial charge in [-0.2, -0.15) is 0 Å². The molecular weight excluding hydrogens is 294 g/mol. The SMILES string of the molecule is CC(C)(C)OC(=O)NCCC#Cc1cccc(C2OCCO2)c1. The van der Waals surface area contributed by atoms with Gasteiger partial charge in [0.2, 0.25) is 0 Å². The lowest BCUT2D eigenvalue weighted by atomic mass is 10.1. The summed E-state index contributed by atoms with van der Waals surface area (Å²) in [6.45, 7) is 7.19. The zero-order valence-corrected chi connectivity index (χ0v) is 13.8. The van der Waals surface area contributed by atoms with Crippen molar-refractivity contribution in [1.82, 2.24) is 5.32 Å². The Labute approximate surface area is 137 Å². The Hall–Kier alpha value is -2.03. The topological polar surface area (TPSA) is 56.8 Å². The maximum atomic E-state index is 11.5. The van der Waals surface area contributed by atoms with Gasteiger partial charge in [0, 0.05) is 24.1 Å². The largest absolute Gasteiger partial charge is 0.444 e. The Morgan fingerprint density at radius 2 is 2.09 bits per heavy atom. The zero-order chi connectivity index (χ0) is 16.7. The lowest BCUT2D eigenvalue weighted by Gasteiger charge is -2.19. The minimum Gasteiger partial charge on any atom is -0.444 e. The van der Waals surface area contributed by atoms with Crippen molar-refractivity contribution < 1.29 is 19.0 Å². The third-order valence-corrected chi connectivity index (χ3v) is 2.93. The number of amides is 1. The van der Waals surface area contributed by atoms with Crippen molar-refractivity contribution >= 4 is 6.09 Å². The van der Waals surface area contributed by atoms with Gasteiger partial charge in [-0.05, 0) is 32.9 Å². The normalized spacial score (nSPS) is 14.9. The molecule has 0 aromatic heterocycles. The molecule has 2 rings (SSSR count). The van der Waals surface area contributed by atoms with Crippen molar-refractivity contribution in [1.29, 1.82) is 0 Å². The predicted octanol–water partition coefficient (Wildman–Crippen LogP) is 3.00. The summed E-state index contributed by atoms with van der Waals surface area (Å²) in [5.41, 5.74) is 1.39. The van der Waals surface area contributed by atoms with Crippen LogP contribution in [-0.2, 0) is 14.2 Å². The zero-order valence-electron chi connectivity index (χ0n) is 13.8. The number of benzene rings is 1. The molecule has 1 aliphatic heterocycles. The Morgan fingerprint density at radius 1 is 1.35 bits per heavy atom. The van der Waals surface area contributed by atoms with Gasteiger partial charge in [-0.3, -0.25) is 0 Å². The van der Waals surface area contributed by atoms with Gasteiger partial charge in [-0.1, -0.05) is 24.0 Å². The highest BCUT2D eigenvalue weighted by atomic mass is 16.7.